The third-order valence-electron chi connectivity index (χ3n) is 5.30. The second kappa shape index (κ2) is 7.83. The van der Waals surface area contributed by atoms with Gasteiger partial charge in [0, 0.05) is 24.8 Å². The van der Waals surface area contributed by atoms with Crippen molar-refractivity contribution in [3.05, 3.63) is 78.0 Å². The number of nitrogens with zero attached hydrogens (tertiary/aromatic N) is 3. The molecule has 0 unspecified atom stereocenters. The van der Waals surface area contributed by atoms with Gasteiger partial charge in [-0.1, -0.05) is 60.7 Å². The molecule has 0 spiro atoms. The van der Waals surface area contributed by atoms with Gasteiger partial charge in [-0.05, 0) is 12.0 Å². The number of benzene rings is 2. The Labute approximate surface area is 170 Å². The van der Waals surface area contributed by atoms with E-state index in [1.54, 1.807) is 22.8 Å². The Kier molecular flexibility index (Phi) is 5.24. The van der Waals surface area contributed by atoms with E-state index in [4.69, 9.17) is 0 Å². The topological polar surface area (TPSA) is 72.3 Å². The first-order valence-electron chi connectivity index (χ1n) is 9.57. The lowest BCUT2D eigenvalue weighted by Crippen LogP contribution is -2.37. The van der Waals surface area contributed by atoms with E-state index in [0.29, 0.717) is 24.2 Å². The molecule has 1 amide bonds. The van der Waals surface area contributed by atoms with Crippen molar-refractivity contribution in [3.8, 4) is 11.3 Å². The van der Waals surface area contributed by atoms with Crippen LogP contribution in [-0.2, 0) is 16.4 Å². The van der Waals surface area contributed by atoms with Crippen LogP contribution in [0.5, 0.6) is 0 Å². The summed E-state index contributed by atoms with van der Waals surface area (Å²) < 4.78 is 25.5. The second-order valence-electron chi connectivity index (χ2n) is 7.41. The molecule has 1 aromatic heterocycles. The number of rotatable bonds is 5. The summed E-state index contributed by atoms with van der Waals surface area (Å²) in [5, 5.41) is 4.69. The Hall–Kier alpha value is -2.93. The Morgan fingerprint density at radius 1 is 1.10 bits per heavy atom. The van der Waals surface area contributed by atoms with E-state index in [1.807, 2.05) is 60.7 Å². The van der Waals surface area contributed by atoms with Gasteiger partial charge in [0.2, 0.25) is 0 Å². The summed E-state index contributed by atoms with van der Waals surface area (Å²) in [6, 6.07) is 19.2. The molecule has 1 atom stereocenters. The highest BCUT2D eigenvalue weighted by atomic mass is 32.2. The molecule has 7 heteroatoms. The number of carbonyl (C=O) groups is 1. The summed E-state index contributed by atoms with van der Waals surface area (Å²) in [5.74, 6) is -0.0485. The second-order valence-corrected chi connectivity index (χ2v) is 9.64. The highest BCUT2D eigenvalue weighted by molar-refractivity contribution is 7.91. The minimum absolute atomic E-state index is 0.0219. The smallest absolute Gasteiger partial charge is 0.257 e. The van der Waals surface area contributed by atoms with E-state index < -0.39 is 9.84 Å². The molecule has 1 aliphatic heterocycles. The minimum atomic E-state index is -3.07. The van der Waals surface area contributed by atoms with Crippen molar-refractivity contribution in [2.24, 2.45) is 0 Å². The fourth-order valence-electron chi connectivity index (χ4n) is 3.68. The van der Waals surface area contributed by atoms with E-state index in [0.717, 1.165) is 11.1 Å². The molecule has 0 aliphatic carbocycles. The van der Waals surface area contributed by atoms with Gasteiger partial charge in [-0.15, -0.1) is 0 Å². The lowest BCUT2D eigenvalue weighted by Gasteiger charge is -2.23. The van der Waals surface area contributed by atoms with Crippen LogP contribution in [-0.4, -0.2) is 53.6 Å². The molecule has 4 rings (SSSR count). The van der Waals surface area contributed by atoms with E-state index >= 15 is 0 Å². The Bertz CT molecular complexity index is 1110. The molecule has 29 heavy (non-hydrogen) atoms. The summed E-state index contributed by atoms with van der Waals surface area (Å²) in [4.78, 5) is 14.8. The predicted molar refractivity (Wildman–Crippen MR) is 112 cm³/mol. The molecule has 1 saturated heterocycles. The van der Waals surface area contributed by atoms with Crippen molar-refractivity contribution in [1.29, 1.82) is 0 Å². The van der Waals surface area contributed by atoms with Crippen LogP contribution in [0.25, 0.3) is 11.3 Å². The number of aromatic nitrogens is 2. The Balaban J connectivity index is 1.68. The van der Waals surface area contributed by atoms with Gasteiger partial charge >= 0.3 is 0 Å². The summed E-state index contributed by atoms with van der Waals surface area (Å²) in [6.45, 7) is 0.551. The molecule has 150 valence electrons. The lowest BCUT2D eigenvalue weighted by atomic mass is 10.1. The summed E-state index contributed by atoms with van der Waals surface area (Å²) in [7, 11) is -1.39. The Morgan fingerprint density at radius 2 is 1.76 bits per heavy atom. The van der Waals surface area contributed by atoms with Crippen molar-refractivity contribution in [2.45, 2.75) is 19.0 Å². The van der Waals surface area contributed by atoms with E-state index in [-0.39, 0.29) is 23.5 Å². The number of amides is 1. The van der Waals surface area contributed by atoms with Gasteiger partial charge in [0.05, 0.1) is 23.6 Å². The molecule has 1 aliphatic rings. The SMILES string of the molecule is CN(C(=O)c1cn(Cc2ccccc2)nc1-c1ccccc1)[C@@H]1CCS(=O)(=O)C1. The standard InChI is InChI=1S/C22H23N3O3S/c1-24(19-12-13-29(27,28)16-19)22(26)20-15-25(14-17-8-4-2-5-9-17)23-21(20)18-10-6-3-7-11-18/h2-11,15,19H,12-14,16H2,1H3/t19-/m1/s1. The molecule has 6 nitrogen and oxygen atoms in total. The van der Waals surface area contributed by atoms with Gasteiger partial charge in [-0.3, -0.25) is 9.48 Å². The number of hydrogen-bond acceptors (Lipinski definition) is 4. The summed E-state index contributed by atoms with van der Waals surface area (Å²) in [5.41, 5.74) is 3.04. The van der Waals surface area contributed by atoms with Gasteiger partial charge in [-0.25, -0.2) is 8.42 Å². The van der Waals surface area contributed by atoms with Crippen molar-refractivity contribution < 1.29 is 13.2 Å². The van der Waals surface area contributed by atoms with Crippen LogP contribution in [0, 0.1) is 0 Å². The number of hydrogen-bond donors (Lipinski definition) is 0. The van der Waals surface area contributed by atoms with Crippen LogP contribution in [0.4, 0.5) is 0 Å². The van der Waals surface area contributed by atoms with E-state index in [9.17, 15) is 13.2 Å². The Morgan fingerprint density at radius 3 is 2.38 bits per heavy atom. The summed E-state index contributed by atoms with van der Waals surface area (Å²) in [6.07, 6.45) is 2.24. The van der Waals surface area contributed by atoms with Gasteiger partial charge < -0.3 is 4.90 Å². The maximum atomic E-state index is 13.3. The van der Waals surface area contributed by atoms with Crippen molar-refractivity contribution >= 4 is 15.7 Å². The van der Waals surface area contributed by atoms with Crippen LogP contribution < -0.4 is 0 Å². The average molecular weight is 410 g/mol. The van der Waals surface area contributed by atoms with Gasteiger partial charge in [0.15, 0.2) is 9.84 Å². The average Bonchev–Trinajstić information content (AvgIpc) is 3.31. The summed E-state index contributed by atoms with van der Waals surface area (Å²) >= 11 is 0. The molecule has 3 aromatic rings. The van der Waals surface area contributed by atoms with Crippen LogP contribution in [0.1, 0.15) is 22.3 Å². The zero-order valence-corrected chi connectivity index (χ0v) is 17.0. The fraction of sp³-hybridized carbons (Fsp3) is 0.273. The first-order chi connectivity index (χ1) is 13.9. The molecule has 2 aromatic carbocycles. The maximum Gasteiger partial charge on any atom is 0.257 e. The van der Waals surface area contributed by atoms with Crippen molar-refractivity contribution in [3.63, 3.8) is 0 Å². The highest BCUT2D eigenvalue weighted by Crippen LogP contribution is 2.26. The van der Waals surface area contributed by atoms with Crippen LogP contribution in [0.2, 0.25) is 0 Å². The maximum absolute atomic E-state index is 13.3. The van der Waals surface area contributed by atoms with Crippen LogP contribution in [0.3, 0.4) is 0 Å². The van der Waals surface area contributed by atoms with Gasteiger partial charge in [-0.2, -0.15) is 5.10 Å². The monoisotopic (exact) mass is 409 g/mol. The van der Waals surface area contributed by atoms with E-state index in [2.05, 4.69) is 5.10 Å². The lowest BCUT2D eigenvalue weighted by molar-refractivity contribution is 0.0748. The molecule has 0 N–H and O–H groups in total. The highest BCUT2D eigenvalue weighted by Gasteiger charge is 2.34. The van der Waals surface area contributed by atoms with Crippen molar-refractivity contribution in [2.75, 3.05) is 18.6 Å². The molecule has 0 radical (unpaired) electrons. The quantitative estimate of drug-likeness (QED) is 0.650. The largest absolute Gasteiger partial charge is 0.338 e. The predicted octanol–water partition coefficient (Wildman–Crippen LogP) is 2.86. The van der Waals surface area contributed by atoms with Crippen LogP contribution >= 0.6 is 0 Å². The van der Waals surface area contributed by atoms with Gasteiger partial charge in [0.25, 0.3) is 5.91 Å². The molecule has 2 heterocycles. The molecular formula is C22H23N3O3S. The van der Waals surface area contributed by atoms with E-state index in [1.165, 1.54) is 0 Å². The first-order valence-corrected chi connectivity index (χ1v) is 11.4. The third-order valence-corrected chi connectivity index (χ3v) is 7.05. The number of carbonyl (C=O) groups excluding carboxylic acids is 1. The minimum Gasteiger partial charge on any atom is -0.338 e. The molecule has 0 saturated carbocycles. The molecule has 1 fully saturated rings. The normalized spacial score (nSPS) is 17.9. The molecule has 0 bridgehead atoms. The fourth-order valence-corrected chi connectivity index (χ4v) is 5.45. The zero-order chi connectivity index (χ0) is 20.4. The zero-order valence-electron chi connectivity index (χ0n) is 16.2. The third kappa shape index (κ3) is 4.24. The van der Waals surface area contributed by atoms with Crippen molar-refractivity contribution in [1.82, 2.24) is 14.7 Å². The van der Waals surface area contributed by atoms with Crippen LogP contribution in [0.15, 0.2) is 66.9 Å². The van der Waals surface area contributed by atoms with Gasteiger partial charge in [0.1, 0.15) is 5.69 Å². The number of sulfone groups is 1. The molecular weight excluding hydrogens is 386 g/mol. The first kappa shape index (κ1) is 19.4.